The summed E-state index contributed by atoms with van der Waals surface area (Å²) in [5, 5.41) is 3.01. The standard InChI is InChI=1S/C19H23BrN2O.ClH/c1-19(2,15-9-6-10-16(20)11-15)13-22-18(23)12-17(21)14-7-4-3-5-8-14;/h3-11,17H,12-13,21H2,1-2H3,(H,22,23);1H. The molecule has 0 aliphatic heterocycles. The average Bonchev–Trinajstić information content (AvgIpc) is 2.54. The molecule has 3 N–H and O–H groups in total. The molecule has 0 aliphatic rings. The Labute approximate surface area is 158 Å². The van der Waals surface area contributed by atoms with Crippen LogP contribution in [0.25, 0.3) is 0 Å². The van der Waals surface area contributed by atoms with Gasteiger partial charge in [-0.1, -0.05) is 72.2 Å². The van der Waals surface area contributed by atoms with Gasteiger partial charge in [0.1, 0.15) is 0 Å². The first-order chi connectivity index (χ1) is 10.9. The zero-order valence-corrected chi connectivity index (χ0v) is 16.4. The molecule has 5 heteroatoms. The van der Waals surface area contributed by atoms with Crippen molar-refractivity contribution in [3.05, 3.63) is 70.2 Å². The van der Waals surface area contributed by atoms with Crippen LogP contribution in [-0.2, 0) is 10.2 Å². The maximum absolute atomic E-state index is 12.2. The van der Waals surface area contributed by atoms with E-state index in [1.807, 2.05) is 42.5 Å². The van der Waals surface area contributed by atoms with Crippen molar-refractivity contribution in [2.45, 2.75) is 31.7 Å². The lowest BCUT2D eigenvalue weighted by atomic mass is 9.84. The fourth-order valence-corrected chi connectivity index (χ4v) is 2.82. The van der Waals surface area contributed by atoms with Gasteiger partial charge < -0.3 is 11.1 Å². The summed E-state index contributed by atoms with van der Waals surface area (Å²) in [7, 11) is 0. The number of benzene rings is 2. The highest BCUT2D eigenvalue weighted by atomic mass is 79.9. The van der Waals surface area contributed by atoms with Gasteiger partial charge in [0.05, 0.1) is 0 Å². The Morgan fingerprint density at radius 1 is 1.17 bits per heavy atom. The summed E-state index contributed by atoms with van der Waals surface area (Å²) in [6, 6.07) is 17.6. The minimum atomic E-state index is -0.273. The number of hydrogen-bond acceptors (Lipinski definition) is 2. The van der Waals surface area contributed by atoms with Crippen molar-refractivity contribution in [2.24, 2.45) is 5.73 Å². The van der Waals surface area contributed by atoms with Crippen LogP contribution >= 0.6 is 28.3 Å². The van der Waals surface area contributed by atoms with Crippen molar-refractivity contribution in [2.75, 3.05) is 6.54 Å². The van der Waals surface area contributed by atoms with E-state index in [9.17, 15) is 4.79 Å². The van der Waals surface area contributed by atoms with Gasteiger partial charge in [0.2, 0.25) is 5.91 Å². The summed E-state index contributed by atoms with van der Waals surface area (Å²) in [6.45, 7) is 4.81. The molecule has 0 spiro atoms. The molecule has 1 amide bonds. The first kappa shape index (κ1) is 20.7. The Bertz CT molecular complexity index is 661. The first-order valence-corrected chi connectivity index (χ1v) is 8.51. The molecule has 3 nitrogen and oxygen atoms in total. The van der Waals surface area contributed by atoms with Crippen LogP contribution in [0.3, 0.4) is 0 Å². The van der Waals surface area contributed by atoms with E-state index in [0.717, 1.165) is 10.0 Å². The van der Waals surface area contributed by atoms with Crippen molar-refractivity contribution in [3.8, 4) is 0 Å². The summed E-state index contributed by atoms with van der Waals surface area (Å²) in [6.07, 6.45) is 0.290. The molecule has 0 bridgehead atoms. The van der Waals surface area contributed by atoms with Crippen molar-refractivity contribution in [1.82, 2.24) is 5.32 Å². The molecular formula is C19H24BrClN2O. The van der Waals surface area contributed by atoms with Gasteiger partial charge in [0.25, 0.3) is 0 Å². The molecule has 1 atom stereocenters. The lowest BCUT2D eigenvalue weighted by molar-refractivity contribution is -0.121. The Hall–Kier alpha value is -1.36. The molecular weight excluding hydrogens is 388 g/mol. The number of rotatable bonds is 6. The summed E-state index contributed by atoms with van der Waals surface area (Å²) in [5.41, 5.74) is 8.12. The van der Waals surface area contributed by atoms with Gasteiger partial charge >= 0.3 is 0 Å². The normalized spacial score (nSPS) is 12.2. The van der Waals surface area contributed by atoms with Crippen LogP contribution in [0.4, 0.5) is 0 Å². The van der Waals surface area contributed by atoms with Crippen LogP contribution < -0.4 is 11.1 Å². The third-order valence-corrected chi connectivity index (χ3v) is 4.46. The number of amides is 1. The highest BCUT2D eigenvalue weighted by molar-refractivity contribution is 9.10. The number of hydrogen-bond donors (Lipinski definition) is 2. The molecule has 0 heterocycles. The topological polar surface area (TPSA) is 55.1 Å². The Morgan fingerprint density at radius 2 is 1.83 bits per heavy atom. The van der Waals surface area contributed by atoms with Crippen molar-refractivity contribution < 1.29 is 4.79 Å². The molecule has 2 rings (SSSR count). The number of nitrogens with two attached hydrogens (primary N) is 1. The van der Waals surface area contributed by atoms with Gasteiger partial charge in [-0.3, -0.25) is 4.79 Å². The van der Waals surface area contributed by atoms with Gasteiger partial charge in [-0.2, -0.15) is 0 Å². The molecule has 0 aromatic heterocycles. The fourth-order valence-electron chi connectivity index (χ4n) is 2.42. The second kappa shape index (κ2) is 9.21. The molecule has 0 saturated heterocycles. The fraction of sp³-hybridized carbons (Fsp3) is 0.316. The van der Waals surface area contributed by atoms with Gasteiger partial charge in [0, 0.05) is 28.9 Å². The summed E-state index contributed by atoms with van der Waals surface area (Å²) in [5.74, 6) is -0.0237. The maximum Gasteiger partial charge on any atom is 0.221 e. The quantitative estimate of drug-likeness (QED) is 0.742. The average molecular weight is 412 g/mol. The van der Waals surface area contributed by atoms with E-state index in [0.29, 0.717) is 13.0 Å². The van der Waals surface area contributed by atoms with Crippen LogP contribution in [0, 0.1) is 0 Å². The Kier molecular flexibility index (Phi) is 7.94. The van der Waals surface area contributed by atoms with E-state index >= 15 is 0 Å². The predicted molar refractivity (Wildman–Crippen MR) is 105 cm³/mol. The maximum atomic E-state index is 12.2. The minimum absolute atomic E-state index is 0. The zero-order valence-electron chi connectivity index (χ0n) is 14.0. The monoisotopic (exact) mass is 410 g/mol. The van der Waals surface area contributed by atoms with E-state index in [-0.39, 0.29) is 29.8 Å². The van der Waals surface area contributed by atoms with Gasteiger partial charge in [-0.25, -0.2) is 0 Å². The number of halogens is 2. The molecule has 24 heavy (non-hydrogen) atoms. The van der Waals surface area contributed by atoms with E-state index in [2.05, 4.69) is 47.2 Å². The number of carbonyl (C=O) groups is 1. The first-order valence-electron chi connectivity index (χ1n) is 7.72. The molecule has 2 aromatic rings. The number of nitrogens with one attached hydrogen (secondary N) is 1. The second-order valence-corrected chi connectivity index (χ2v) is 7.31. The van der Waals surface area contributed by atoms with Gasteiger partial charge in [-0.15, -0.1) is 12.4 Å². The molecule has 1 unspecified atom stereocenters. The van der Waals surface area contributed by atoms with E-state index in [1.165, 1.54) is 5.56 Å². The second-order valence-electron chi connectivity index (χ2n) is 6.39. The van der Waals surface area contributed by atoms with Gasteiger partial charge in [-0.05, 0) is 23.3 Å². The smallest absolute Gasteiger partial charge is 0.221 e. The van der Waals surface area contributed by atoms with Crippen LogP contribution in [-0.4, -0.2) is 12.5 Å². The summed E-state index contributed by atoms with van der Waals surface area (Å²) in [4.78, 5) is 12.2. The zero-order chi connectivity index (χ0) is 16.9. The largest absolute Gasteiger partial charge is 0.355 e. The molecule has 0 aliphatic carbocycles. The van der Waals surface area contributed by atoms with Crippen LogP contribution in [0.5, 0.6) is 0 Å². The highest BCUT2D eigenvalue weighted by Crippen LogP contribution is 2.25. The third kappa shape index (κ3) is 5.93. The van der Waals surface area contributed by atoms with Crippen LogP contribution in [0.1, 0.15) is 37.4 Å². The Balaban J connectivity index is 0.00000288. The van der Waals surface area contributed by atoms with E-state index in [1.54, 1.807) is 0 Å². The Morgan fingerprint density at radius 3 is 2.46 bits per heavy atom. The third-order valence-electron chi connectivity index (χ3n) is 3.97. The molecule has 0 radical (unpaired) electrons. The minimum Gasteiger partial charge on any atom is -0.355 e. The van der Waals surface area contributed by atoms with Crippen molar-refractivity contribution in [3.63, 3.8) is 0 Å². The van der Waals surface area contributed by atoms with E-state index < -0.39 is 0 Å². The molecule has 0 fully saturated rings. The molecule has 130 valence electrons. The molecule has 0 saturated carbocycles. The van der Waals surface area contributed by atoms with Crippen LogP contribution in [0.15, 0.2) is 59.1 Å². The van der Waals surface area contributed by atoms with Crippen molar-refractivity contribution in [1.29, 1.82) is 0 Å². The number of carbonyl (C=O) groups excluding carboxylic acids is 1. The van der Waals surface area contributed by atoms with E-state index in [4.69, 9.17) is 5.73 Å². The summed E-state index contributed by atoms with van der Waals surface area (Å²) < 4.78 is 1.04. The lowest BCUT2D eigenvalue weighted by Crippen LogP contribution is -2.37. The SMILES string of the molecule is CC(C)(CNC(=O)CC(N)c1ccccc1)c1cccc(Br)c1.Cl. The highest BCUT2D eigenvalue weighted by Gasteiger charge is 2.22. The van der Waals surface area contributed by atoms with Crippen molar-refractivity contribution >= 4 is 34.2 Å². The summed E-state index contributed by atoms with van der Waals surface area (Å²) >= 11 is 3.49. The molecule has 2 aromatic carbocycles. The lowest BCUT2D eigenvalue weighted by Gasteiger charge is -2.26. The van der Waals surface area contributed by atoms with Gasteiger partial charge in [0.15, 0.2) is 0 Å². The van der Waals surface area contributed by atoms with Crippen LogP contribution in [0.2, 0.25) is 0 Å². The predicted octanol–water partition coefficient (Wildman–Crippen LogP) is 4.35.